The van der Waals surface area contributed by atoms with Gasteiger partial charge in [0.15, 0.2) is 5.65 Å². The number of fused-ring (bicyclic) bond motifs is 3. The van der Waals surface area contributed by atoms with Gasteiger partial charge < -0.3 is 14.4 Å². The Morgan fingerprint density at radius 2 is 1.57 bits per heavy atom. The summed E-state index contributed by atoms with van der Waals surface area (Å²) in [4.78, 5) is 34.8. The van der Waals surface area contributed by atoms with Crippen LogP contribution in [-0.2, 0) is 16.1 Å². The molecule has 1 fully saturated rings. The lowest BCUT2D eigenvalue weighted by Crippen LogP contribution is -2.55. The Kier molecular flexibility index (Phi) is 13.1. The van der Waals surface area contributed by atoms with Crippen LogP contribution in [-0.4, -0.2) is 72.8 Å². The van der Waals surface area contributed by atoms with Gasteiger partial charge in [0.05, 0.1) is 5.52 Å². The minimum Gasteiger partial charge on any atom is -0.339 e. The molecule has 1 saturated heterocycles. The molecular formula is C38H52N6O2S. The molecule has 0 N–H and O–H groups in total. The van der Waals surface area contributed by atoms with Crippen LogP contribution >= 0.6 is 11.8 Å². The molecule has 0 aliphatic carbocycles. The zero-order chi connectivity index (χ0) is 33.0. The van der Waals surface area contributed by atoms with Crippen molar-refractivity contribution in [3.05, 3.63) is 59.7 Å². The van der Waals surface area contributed by atoms with Crippen LogP contribution in [0.15, 0.2) is 53.7 Å². The van der Waals surface area contributed by atoms with Crippen LogP contribution in [0.4, 0.5) is 0 Å². The lowest BCUT2D eigenvalue weighted by atomic mass is 10.1. The first-order valence-electron chi connectivity index (χ1n) is 17.8. The second-order valence-electron chi connectivity index (χ2n) is 13.2. The summed E-state index contributed by atoms with van der Waals surface area (Å²) in [5.41, 5.74) is 5.14. The third-order valence-electron chi connectivity index (χ3n) is 9.35. The first-order valence-corrected chi connectivity index (χ1v) is 18.8. The maximum absolute atomic E-state index is 13.1. The van der Waals surface area contributed by atoms with Gasteiger partial charge in [0.1, 0.15) is 5.52 Å². The van der Waals surface area contributed by atoms with Crippen molar-refractivity contribution >= 4 is 45.6 Å². The second kappa shape index (κ2) is 17.6. The molecule has 8 nitrogen and oxygen atoms in total. The van der Waals surface area contributed by atoms with Crippen molar-refractivity contribution in [2.75, 3.05) is 25.4 Å². The van der Waals surface area contributed by atoms with Crippen molar-refractivity contribution in [1.82, 2.24) is 29.5 Å². The molecule has 1 aliphatic heterocycles. The molecule has 2 aromatic carbocycles. The first kappa shape index (κ1) is 34.9. The van der Waals surface area contributed by atoms with E-state index in [-0.39, 0.29) is 17.9 Å². The summed E-state index contributed by atoms with van der Waals surface area (Å²) in [7, 11) is 0. The number of carbonyl (C=O) groups excluding carboxylic acids is 2. The van der Waals surface area contributed by atoms with Crippen LogP contribution in [0.2, 0.25) is 0 Å². The number of piperazine rings is 1. The van der Waals surface area contributed by atoms with Crippen LogP contribution in [0.25, 0.3) is 22.1 Å². The number of hydrogen-bond acceptors (Lipinski definition) is 6. The molecular weight excluding hydrogens is 605 g/mol. The molecule has 9 heteroatoms. The molecule has 5 rings (SSSR count). The summed E-state index contributed by atoms with van der Waals surface area (Å²) in [5.74, 6) is 1.15. The summed E-state index contributed by atoms with van der Waals surface area (Å²) >= 11 is 1.55. The number of nitrogens with zero attached hydrogens (tertiary/aromatic N) is 6. The number of hydrogen-bond donors (Lipinski definition) is 0. The number of rotatable bonds is 17. The van der Waals surface area contributed by atoms with Crippen LogP contribution in [0, 0.1) is 6.92 Å². The van der Waals surface area contributed by atoms with Crippen molar-refractivity contribution < 1.29 is 9.59 Å². The highest BCUT2D eigenvalue weighted by Gasteiger charge is 2.29. The summed E-state index contributed by atoms with van der Waals surface area (Å²) in [5, 5.41) is 10.8. The minimum atomic E-state index is 0.0609. The maximum atomic E-state index is 13.1. The van der Waals surface area contributed by atoms with Crippen LogP contribution in [0.5, 0.6) is 0 Å². The van der Waals surface area contributed by atoms with Gasteiger partial charge >= 0.3 is 0 Å². The van der Waals surface area contributed by atoms with Gasteiger partial charge in [-0.15, -0.1) is 10.2 Å². The average molecular weight is 657 g/mol. The van der Waals surface area contributed by atoms with E-state index in [1.165, 1.54) is 56.1 Å². The van der Waals surface area contributed by atoms with E-state index < -0.39 is 0 Å². The number of aryl methyl sites for hydroxylation is 1. The van der Waals surface area contributed by atoms with Crippen LogP contribution in [0.3, 0.4) is 0 Å². The third kappa shape index (κ3) is 9.55. The van der Waals surface area contributed by atoms with Gasteiger partial charge in [-0.1, -0.05) is 112 Å². The maximum Gasteiger partial charge on any atom is 0.222 e. The van der Waals surface area contributed by atoms with E-state index in [9.17, 15) is 9.59 Å². The smallest absolute Gasteiger partial charge is 0.222 e. The summed E-state index contributed by atoms with van der Waals surface area (Å²) in [6.07, 6.45) is 13.1. The normalized spacial score (nSPS) is 15.2. The highest BCUT2D eigenvalue weighted by atomic mass is 32.2. The molecule has 252 valence electrons. The largest absolute Gasteiger partial charge is 0.339 e. The van der Waals surface area contributed by atoms with Gasteiger partial charge in [-0.05, 0) is 44.4 Å². The third-order valence-corrected chi connectivity index (χ3v) is 10.3. The summed E-state index contributed by atoms with van der Waals surface area (Å²) in [6.45, 7) is 8.99. The predicted molar refractivity (Wildman–Crippen MR) is 193 cm³/mol. The van der Waals surface area contributed by atoms with Crippen molar-refractivity contribution in [2.24, 2.45) is 0 Å². The average Bonchev–Trinajstić information content (AvgIpc) is 3.37. The lowest BCUT2D eigenvalue weighted by molar-refractivity contribution is -0.142. The van der Waals surface area contributed by atoms with Gasteiger partial charge in [-0.3, -0.25) is 9.59 Å². The molecule has 0 saturated carbocycles. The van der Waals surface area contributed by atoms with Crippen molar-refractivity contribution in [3.8, 4) is 0 Å². The van der Waals surface area contributed by atoms with E-state index in [2.05, 4.69) is 78.0 Å². The molecule has 2 amide bonds. The minimum absolute atomic E-state index is 0.0609. The van der Waals surface area contributed by atoms with Gasteiger partial charge in [-0.25, -0.2) is 4.98 Å². The molecule has 1 unspecified atom stereocenters. The zero-order valence-electron chi connectivity index (χ0n) is 28.6. The number of thioether (sulfide) groups is 1. The fourth-order valence-corrected chi connectivity index (χ4v) is 7.39. The molecule has 0 radical (unpaired) electrons. The van der Waals surface area contributed by atoms with Crippen molar-refractivity contribution in [1.29, 1.82) is 0 Å². The van der Waals surface area contributed by atoms with Crippen molar-refractivity contribution in [2.45, 2.75) is 116 Å². The number of benzene rings is 2. The van der Waals surface area contributed by atoms with E-state index >= 15 is 0 Å². The van der Waals surface area contributed by atoms with Gasteiger partial charge in [0, 0.05) is 56.2 Å². The summed E-state index contributed by atoms with van der Waals surface area (Å²) in [6, 6.07) is 16.9. The molecule has 4 aromatic rings. The fraction of sp³-hybridized carbons (Fsp3) is 0.553. The number of unbranched alkanes of at least 4 members (excludes halogenated alkanes) is 8. The SMILES string of the molecule is CCCCCCCCCCCC(=O)N1CCN(C(=O)CCCSc2nnc3c4cc(C)ccc4n(Cc4ccccc4)c3n2)CC1C. The number of amides is 2. The second-order valence-corrected chi connectivity index (χ2v) is 14.2. The fourth-order valence-electron chi connectivity index (χ4n) is 6.67. The Hall–Kier alpha value is -3.46. The Balaban J connectivity index is 1.06. The Bertz CT molecular complexity index is 1610. The van der Waals surface area contributed by atoms with Crippen LogP contribution < -0.4 is 0 Å². The Labute approximate surface area is 284 Å². The van der Waals surface area contributed by atoms with Crippen LogP contribution in [0.1, 0.15) is 102 Å². The Morgan fingerprint density at radius 3 is 2.32 bits per heavy atom. The molecule has 47 heavy (non-hydrogen) atoms. The topological polar surface area (TPSA) is 84.2 Å². The van der Waals surface area contributed by atoms with Gasteiger partial charge in [0.2, 0.25) is 17.0 Å². The zero-order valence-corrected chi connectivity index (χ0v) is 29.4. The molecule has 1 atom stereocenters. The quantitative estimate of drug-likeness (QED) is 0.0842. The number of aromatic nitrogens is 4. The number of carbonyl (C=O) groups is 2. The van der Waals surface area contributed by atoms with E-state index in [0.717, 1.165) is 47.1 Å². The van der Waals surface area contributed by atoms with E-state index in [0.29, 0.717) is 44.2 Å². The van der Waals surface area contributed by atoms with E-state index in [1.807, 2.05) is 15.9 Å². The first-order chi connectivity index (χ1) is 22.9. The van der Waals surface area contributed by atoms with Gasteiger partial charge in [0.25, 0.3) is 0 Å². The Morgan fingerprint density at radius 1 is 0.851 bits per heavy atom. The standard InChI is InChI=1S/C38H52N6O2S/c1-4-5-6-7-8-9-10-11-15-19-35(46)43-24-23-42(27-30(43)3)34(45)20-16-25-47-38-39-37-36(40-41-38)32-26-29(2)21-22-33(32)44(37)28-31-17-13-12-14-18-31/h12-14,17-18,21-22,26,30H,4-11,15-16,19-20,23-25,27-28H2,1-3H3. The summed E-state index contributed by atoms with van der Waals surface area (Å²) < 4.78 is 2.23. The molecule has 3 heterocycles. The molecule has 1 aliphatic rings. The molecule has 0 spiro atoms. The van der Waals surface area contributed by atoms with Gasteiger partial charge in [-0.2, -0.15) is 0 Å². The lowest BCUT2D eigenvalue weighted by Gasteiger charge is -2.40. The van der Waals surface area contributed by atoms with E-state index in [1.54, 1.807) is 11.8 Å². The molecule has 2 aromatic heterocycles. The molecule has 0 bridgehead atoms. The van der Waals surface area contributed by atoms with Crippen molar-refractivity contribution in [3.63, 3.8) is 0 Å². The highest BCUT2D eigenvalue weighted by Crippen LogP contribution is 2.29. The highest BCUT2D eigenvalue weighted by molar-refractivity contribution is 7.99. The predicted octanol–water partition coefficient (Wildman–Crippen LogP) is 8.19. The van der Waals surface area contributed by atoms with E-state index in [4.69, 9.17) is 4.98 Å². The monoisotopic (exact) mass is 656 g/mol.